The van der Waals surface area contributed by atoms with E-state index >= 15 is 0 Å². The Hall–Kier alpha value is -3.39. The van der Waals surface area contributed by atoms with Gasteiger partial charge in [0.1, 0.15) is 11.4 Å². The van der Waals surface area contributed by atoms with Crippen LogP contribution in [0.5, 0.6) is 5.75 Å². The minimum absolute atomic E-state index is 0.00479. The Morgan fingerprint density at radius 3 is 2.60 bits per heavy atom. The molecule has 2 aromatic rings. The number of fused-ring (bicyclic) bond motifs is 1. The first-order valence-corrected chi connectivity index (χ1v) is 12.0. The lowest BCUT2D eigenvalue weighted by Crippen LogP contribution is -2.53. The fraction of sp³-hybridized carbons (Fsp3) is 0.385. The standard InChI is InChI=1S/C26H25ClN2O6/c1-34-25(33)18-4-2-3-5-20(18)29-15-16(12-23(29)31)24(32)28-10-8-26(9-11-28)14-21(30)19-13-17(27)6-7-22(19)35-26/h2-7,13,16H,8-12,14-15H2,1H3. The predicted octanol–water partition coefficient (Wildman–Crippen LogP) is 3.51. The molecule has 0 radical (unpaired) electrons. The molecule has 3 heterocycles. The lowest BCUT2D eigenvalue weighted by atomic mass is 9.82. The molecule has 2 aromatic carbocycles. The summed E-state index contributed by atoms with van der Waals surface area (Å²) in [6.45, 7) is 1.09. The number of carbonyl (C=O) groups excluding carboxylic acids is 4. The Bertz CT molecular complexity index is 1220. The number of nitrogens with zero attached hydrogens (tertiary/aromatic N) is 2. The normalized spacial score (nSPS) is 21.0. The maximum atomic E-state index is 13.3. The Labute approximate surface area is 207 Å². The van der Waals surface area contributed by atoms with Crippen molar-refractivity contribution in [2.24, 2.45) is 5.92 Å². The van der Waals surface area contributed by atoms with Crippen molar-refractivity contribution >= 4 is 40.9 Å². The molecule has 1 spiro atoms. The van der Waals surface area contributed by atoms with Gasteiger partial charge in [0.05, 0.1) is 36.3 Å². The summed E-state index contributed by atoms with van der Waals surface area (Å²) in [5.74, 6) is -0.804. The third-order valence-electron chi connectivity index (χ3n) is 7.11. The highest BCUT2D eigenvalue weighted by molar-refractivity contribution is 6.31. The van der Waals surface area contributed by atoms with Gasteiger partial charge in [0, 0.05) is 43.9 Å². The van der Waals surface area contributed by atoms with E-state index in [1.54, 1.807) is 47.4 Å². The fourth-order valence-corrected chi connectivity index (χ4v) is 5.41. The van der Waals surface area contributed by atoms with E-state index in [1.165, 1.54) is 12.0 Å². The van der Waals surface area contributed by atoms with Gasteiger partial charge in [0.25, 0.3) is 0 Å². The van der Waals surface area contributed by atoms with Crippen molar-refractivity contribution in [3.05, 3.63) is 58.6 Å². The molecule has 2 amide bonds. The number of piperidine rings is 1. The van der Waals surface area contributed by atoms with E-state index in [-0.39, 0.29) is 42.5 Å². The van der Waals surface area contributed by atoms with E-state index in [9.17, 15) is 19.2 Å². The van der Waals surface area contributed by atoms with Crippen LogP contribution in [0.4, 0.5) is 5.69 Å². The smallest absolute Gasteiger partial charge is 0.339 e. The highest BCUT2D eigenvalue weighted by Crippen LogP contribution is 2.40. The SMILES string of the molecule is COC(=O)c1ccccc1N1CC(C(=O)N2CCC3(CC2)CC(=O)c2cc(Cl)ccc2O3)CC1=O. The zero-order chi connectivity index (χ0) is 24.7. The minimum Gasteiger partial charge on any atom is -0.486 e. The number of esters is 1. The van der Waals surface area contributed by atoms with Crippen molar-refractivity contribution in [3.8, 4) is 5.75 Å². The molecule has 35 heavy (non-hydrogen) atoms. The molecule has 0 saturated carbocycles. The van der Waals surface area contributed by atoms with E-state index in [4.69, 9.17) is 21.1 Å². The number of hydrogen-bond acceptors (Lipinski definition) is 6. The molecule has 9 heteroatoms. The van der Waals surface area contributed by atoms with E-state index in [1.807, 2.05) is 0 Å². The number of benzene rings is 2. The van der Waals surface area contributed by atoms with Gasteiger partial charge in [-0.05, 0) is 30.3 Å². The number of amides is 2. The number of ether oxygens (including phenoxy) is 2. The van der Waals surface area contributed by atoms with Gasteiger partial charge in [-0.15, -0.1) is 0 Å². The van der Waals surface area contributed by atoms with Crippen LogP contribution in [0.25, 0.3) is 0 Å². The molecule has 8 nitrogen and oxygen atoms in total. The van der Waals surface area contributed by atoms with Gasteiger partial charge in [-0.3, -0.25) is 14.4 Å². The van der Waals surface area contributed by atoms with Crippen molar-refractivity contribution in [1.29, 1.82) is 0 Å². The summed E-state index contributed by atoms with van der Waals surface area (Å²) in [6.07, 6.45) is 1.39. The molecule has 5 rings (SSSR count). The van der Waals surface area contributed by atoms with Gasteiger partial charge in [-0.1, -0.05) is 23.7 Å². The van der Waals surface area contributed by atoms with Crippen molar-refractivity contribution in [1.82, 2.24) is 4.90 Å². The molecular weight excluding hydrogens is 472 g/mol. The monoisotopic (exact) mass is 496 g/mol. The highest BCUT2D eigenvalue weighted by Gasteiger charge is 2.45. The number of carbonyl (C=O) groups is 4. The van der Waals surface area contributed by atoms with Gasteiger partial charge >= 0.3 is 5.97 Å². The number of anilines is 1. The van der Waals surface area contributed by atoms with Crippen molar-refractivity contribution in [3.63, 3.8) is 0 Å². The van der Waals surface area contributed by atoms with Gasteiger partial charge in [0.2, 0.25) is 11.8 Å². The summed E-state index contributed by atoms with van der Waals surface area (Å²) in [7, 11) is 1.29. The second-order valence-electron chi connectivity index (χ2n) is 9.26. The van der Waals surface area contributed by atoms with Crippen LogP contribution in [-0.4, -0.2) is 60.8 Å². The van der Waals surface area contributed by atoms with Crippen LogP contribution in [0.2, 0.25) is 5.02 Å². The summed E-state index contributed by atoms with van der Waals surface area (Å²) in [6, 6.07) is 11.8. The van der Waals surface area contributed by atoms with Gasteiger partial charge in [-0.25, -0.2) is 4.79 Å². The number of rotatable bonds is 3. The lowest BCUT2D eigenvalue weighted by molar-refractivity contribution is -0.139. The number of para-hydroxylation sites is 1. The van der Waals surface area contributed by atoms with Crippen LogP contribution in [0, 0.1) is 5.92 Å². The third-order valence-corrected chi connectivity index (χ3v) is 7.35. The third kappa shape index (κ3) is 4.27. The minimum atomic E-state index is -0.633. The van der Waals surface area contributed by atoms with Crippen molar-refractivity contribution in [2.75, 3.05) is 31.6 Å². The zero-order valence-electron chi connectivity index (χ0n) is 19.3. The van der Waals surface area contributed by atoms with E-state index in [2.05, 4.69) is 0 Å². The largest absolute Gasteiger partial charge is 0.486 e. The Morgan fingerprint density at radius 2 is 1.86 bits per heavy atom. The predicted molar refractivity (Wildman–Crippen MR) is 128 cm³/mol. The first-order chi connectivity index (χ1) is 16.8. The van der Waals surface area contributed by atoms with E-state index in [0.29, 0.717) is 48.0 Å². The van der Waals surface area contributed by atoms with Crippen LogP contribution in [-0.2, 0) is 14.3 Å². The quantitative estimate of drug-likeness (QED) is 0.604. The number of hydrogen-bond donors (Lipinski definition) is 0. The zero-order valence-corrected chi connectivity index (χ0v) is 20.0. The highest BCUT2D eigenvalue weighted by atomic mass is 35.5. The first-order valence-electron chi connectivity index (χ1n) is 11.6. The molecule has 0 aromatic heterocycles. The van der Waals surface area contributed by atoms with Crippen LogP contribution in [0.3, 0.4) is 0 Å². The Balaban J connectivity index is 1.25. The Morgan fingerprint density at radius 1 is 1.11 bits per heavy atom. The van der Waals surface area contributed by atoms with E-state index in [0.717, 1.165) is 0 Å². The molecule has 2 saturated heterocycles. The van der Waals surface area contributed by atoms with Gasteiger partial charge in [-0.2, -0.15) is 0 Å². The summed E-state index contributed by atoms with van der Waals surface area (Å²) in [5, 5.41) is 0.492. The average molecular weight is 497 g/mol. The van der Waals surface area contributed by atoms with Gasteiger partial charge in [0.15, 0.2) is 5.78 Å². The summed E-state index contributed by atoms with van der Waals surface area (Å²) in [4.78, 5) is 54.2. The summed E-state index contributed by atoms with van der Waals surface area (Å²) < 4.78 is 11.1. The molecule has 1 atom stereocenters. The fourth-order valence-electron chi connectivity index (χ4n) is 5.24. The molecule has 0 N–H and O–H groups in total. The van der Waals surface area contributed by atoms with Crippen LogP contribution in [0.15, 0.2) is 42.5 Å². The Kier molecular flexibility index (Phi) is 6.01. The molecule has 0 bridgehead atoms. The second-order valence-corrected chi connectivity index (χ2v) is 9.70. The molecular formula is C26H25ClN2O6. The molecule has 0 aliphatic carbocycles. The number of likely N-dealkylation sites (tertiary alicyclic amines) is 1. The topological polar surface area (TPSA) is 93.2 Å². The second kappa shape index (κ2) is 9.00. The number of methoxy groups -OCH3 is 1. The van der Waals surface area contributed by atoms with Crippen LogP contribution >= 0.6 is 11.6 Å². The summed E-state index contributed by atoms with van der Waals surface area (Å²) in [5.41, 5.74) is 0.603. The maximum absolute atomic E-state index is 13.3. The lowest BCUT2D eigenvalue weighted by Gasteiger charge is -2.44. The van der Waals surface area contributed by atoms with Crippen molar-refractivity contribution < 1.29 is 28.7 Å². The van der Waals surface area contributed by atoms with Crippen LogP contribution in [0.1, 0.15) is 46.4 Å². The average Bonchev–Trinajstić information content (AvgIpc) is 3.25. The number of halogens is 1. The van der Waals surface area contributed by atoms with E-state index < -0.39 is 17.5 Å². The summed E-state index contributed by atoms with van der Waals surface area (Å²) >= 11 is 6.02. The molecule has 3 aliphatic heterocycles. The molecule has 3 aliphatic rings. The van der Waals surface area contributed by atoms with Crippen LogP contribution < -0.4 is 9.64 Å². The molecule has 182 valence electrons. The van der Waals surface area contributed by atoms with Crippen molar-refractivity contribution in [2.45, 2.75) is 31.3 Å². The first kappa shape index (κ1) is 23.4. The van der Waals surface area contributed by atoms with Gasteiger partial charge < -0.3 is 19.3 Å². The molecule has 2 fully saturated rings. The number of ketones is 1. The maximum Gasteiger partial charge on any atom is 0.339 e. The molecule has 1 unspecified atom stereocenters. The number of Topliss-reactive ketones (excluding diaryl/α,β-unsaturated/α-hetero) is 1.